The standard InChI is InChI=1S/C22H31N3O2/c1-23(2)19-11-16-13-20(14-17(16)12-19)24(3)22(27)15-6-8-18(9-7-15)25-10-4-5-21(25)26/h6-9,16-17,19-20H,4-5,10-14H2,1-3H3/t16-,17+,19?,20?. The lowest BCUT2D eigenvalue weighted by atomic mass is 10.0. The van der Waals surface area contributed by atoms with E-state index in [2.05, 4.69) is 19.0 Å². The molecule has 2 aliphatic carbocycles. The van der Waals surface area contributed by atoms with Crippen molar-refractivity contribution in [1.82, 2.24) is 9.80 Å². The smallest absolute Gasteiger partial charge is 0.253 e. The molecule has 2 amide bonds. The molecule has 2 saturated carbocycles. The van der Waals surface area contributed by atoms with Gasteiger partial charge in [0.05, 0.1) is 0 Å². The largest absolute Gasteiger partial charge is 0.339 e. The molecular weight excluding hydrogens is 338 g/mol. The van der Waals surface area contributed by atoms with Gasteiger partial charge in [-0.15, -0.1) is 0 Å². The van der Waals surface area contributed by atoms with Crippen LogP contribution in [0.3, 0.4) is 0 Å². The number of carbonyl (C=O) groups is 2. The van der Waals surface area contributed by atoms with Crippen LogP contribution in [0.25, 0.3) is 0 Å². The summed E-state index contributed by atoms with van der Waals surface area (Å²) in [6, 6.07) is 8.64. The minimum absolute atomic E-state index is 0.100. The van der Waals surface area contributed by atoms with Gasteiger partial charge in [-0.05, 0) is 82.3 Å². The summed E-state index contributed by atoms with van der Waals surface area (Å²) < 4.78 is 0. The summed E-state index contributed by atoms with van der Waals surface area (Å²) in [5.74, 6) is 1.81. The molecule has 1 saturated heterocycles. The van der Waals surface area contributed by atoms with Gasteiger partial charge in [0.2, 0.25) is 5.91 Å². The molecule has 146 valence electrons. The maximum absolute atomic E-state index is 13.0. The second-order valence-corrected chi connectivity index (χ2v) is 8.85. The Morgan fingerprint density at radius 3 is 2.07 bits per heavy atom. The van der Waals surface area contributed by atoms with Gasteiger partial charge in [0.15, 0.2) is 0 Å². The Morgan fingerprint density at radius 1 is 0.963 bits per heavy atom. The molecule has 4 atom stereocenters. The van der Waals surface area contributed by atoms with Crippen molar-refractivity contribution < 1.29 is 9.59 Å². The van der Waals surface area contributed by atoms with Gasteiger partial charge < -0.3 is 14.7 Å². The second-order valence-electron chi connectivity index (χ2n) is 8.85. The number of fused-ring (bicyclic) bond motifs is 1. The number of carbonyl (C=O) groups excluding carboxylic acids is 2. The zero-order valence-corrected chi connectivity index (χ0v) is 16.7. The van der Waals surface area contributed by atoms with Gasteiger partial charge in [-0.25, -0.2) is 0 Å². The van der Waals surface area contributed by atoms with E-state index >= 15 is 0 Å². The van der Waals surface area contributed by atoms with Gasteiger partial charge in [-0.3, -0.25) is 9.59 Å². The molecule has 1 aromatic rings. The summed E-state index contributed by atoms with van der Waals surface area (Å²) in [6.45, 7) is 0.783. The first-order valence-electron chi connectivity index (χ1n) is 10.3. The van der Waals surface area contributed by atoms with E-state index in [-0.39, 0.29) is 11.8 Å². The highest BCUT2D eigenvalue weighted by Gasteiger charge is 2.44. The van der Waals surface area contributed by atoms with Crippen molar-refractivity contribution in [3.05, 3.63) is 29.8 Å². The topological polar surface area (TPSA) is 43.9 Å². The van der Waals surface area contributed by atoms with Crippen LogP contribution in [-0.4, -0.2) is 61.4 Å². The summed E-state index contributed by atoms with van der Waals surface area (Å²) in [6.07, 6.45) is 6.36. The Balaban J connectivity index is 1.38. The Kier molecular flexibility index (Phi) is 4.97. The van der Waals surface area contributed by atoms with Crippen molar-refractivity contribution in [2.75, 3.05) is 32.6 Å². The van der Waals surface area contributed by atoms with E-state index in [9.17, 15) is 9.59 Å². The zero-order chi connectivity index (χ0) is 19.1. The molecule has 2 unspecified atom stereocenters. The molecule has 1 aromatic carbocycles. The minimum atomic E-state index is 0.100. The maximum Gasteiger partial charge on any atom is 0.253 e. The number of rotatable bonds is 4. The number of amides is 2. The van der Waals surface area contributed by atoms with E-state index in [1.165, 1.54) is 12.8 Å². The molecule has 0 radical (unpaired) electrons. The predicted molar refractivity (Wildman–Crippen MR) is 107 cm³/mol. The third kappa shape index (κ3) is 3.49. The first-order chi connectivity index (χ1) is 12.9. The van der Waals surface area contributed by atoms with Crippen LogP contribution in [0.4, 0.5) is 5.69 Å². The van der Waals surface area contributed by atoms with Crippen LogP contribution < -0.4 is 4.90 Å². The van der Waals surface area contributed by atoms with Gasteiger partial charge in [0.1, 0.15) is 0 Å². The molecule has 4 rings (SSSR count). The molecule has 0 aromatic heterocycles. The molecule has 3 fully saturated rings. The van der Waals surface area contributed by atoms with Gasteiger partial charge in [-0.1, -0.05) is 0 Å². The van der Waals surface area contributed by atoms with Gasteiger partial charge >= 0.3 is 0 Å². The summed E-state index contributed by atoms with van der Waals surface area (Å²) >= 11 is 0. The zero-order valence-electron chi connectivity index (χ0n) is 16.7. The highest BCUT2D eigenvalue weighted by molar-refractivity contribution is 5.97. The lowest BCUT2D eigenvalue weighted by Gasteiger charge is -2.27. The van der Waals surface area contributed by atoms with Crippen LogP contribution in [0.15, 0.2) is 24.3 Å². The van der Waals surface area contributed by atoms with Gasteiger partial charge in [0, 0.05) is 43.3 Å². The molecule has 27 heavy (non-hydrogen) atoms. The fourth-order valence-electron chi connectivity index (χ4n) is 5.37. The maximum atomic E-state index is 13.0. The summed E-state index contributed by atoms with van der Waals surface area (Å²) in [5.41, 5.74) is 1.62. The summed E-state index contributed by atoms with van der Waals surface area (Å²) in [7, 11) is 6.31. The van der Waals surface area contributed by atoms with Crippen molar-refractivity contribution in [3.63, 3.8) is 0 Å². The SMILES string of the molecule is CN(C)C1C[C@@H]2CC(N(C)C(=O)c3ccc(N4CCCC4=O)cc3)C[C@@H]2C1. The van der Waals surface area contributed by atoms with E-state index in [1.807, 2.05) is 41.1 Å². The number of hydrogen-bond acceptors (Lipinski definition) is 3. The Morgan fingerprint density at radius 2 is 1.56 bits per heavy atom. The fourth-order valence-corrected chi connectivity index (χ4v) is 5.37. The molecule has 0 N–H and O–H groups in total. The lowest BCUT2D eigenvalue weighted by molar-refractivity contribution is -0.117. The highest BCUT2D eigenvalue weighted by Crippen LogP contribution is 2.46. The van der Waals surface area contributed by atoms with E-state index in [1.54, 1.807) is 0 Å². The van der Waals surface area contributed by atoms with Crippen molar-refractivity contribution >= 4 is 17.5 Å². The number of anilines is 1. The molecule has 1 aliphatic heterocycles. The summed E-state index contributed by atoms with van der Waals surface area (Å²) in [5, 5.41) is 0. The third-order valence-corrected chi connectivity index (χ3v) is 7.06. The van der Waals surface area contributed by atoms with Crippen molar-refractivity contribution in [3.8, 4) is 0 Å². The average Bonchev–Trinajstić information content (AvgIpc) is 3.35. The van der Waals surface area contributed by atoms with Crippen molar-refractivity contribution in [1.29, 1.82) is 0 Å². The number of hydrogen-bond donors (Lipinski definition) is 0. The van der Waals surface area contributed by atoms with Crippen LogP contribution in [0.2, 0.25) is 0 Å². The van der Waals surface area contributed by atoms with Crippen LogP contribution >= 0.6 is 0 Å². The average molecular weight is 370 g/mol. The van der Waals surface area contributed by atoms with Gasteiger partial charge in [0.25, 0.3) is 5.91 Å². The molecular formula is C22H31N3O2. The van der Waals surface area contributed by atoms with E-state index in [0.29, 0.717) is 18.5 Å². The van der Waals surface area contributed by atoms with Crippen molar-refractivity contribution in [2.24, 2.45) is 11.8 Å². The Labute approximate surface area is 162 Å². The normalized spacial score (nSPS) is 30.2. The molecule has 3 aliphatic rings. The van der Waals surface area contributed by atoms with E-state index in [0.717, 1.165) is 48.9 Å². The summed E-state index contributed by atoms with van der Waals surface area (Å²) in [4.78, 5) is 31.0. The molecule has 5 nitrogen and oxygen atoms in total. The van der Waals surface area contributed by atoms with Crippen LogP contribution in [0, 0.1) is 11.8 Å². The first kappa shape index (κ1) is 18.5. The van der Waals surface area contributed by atoms with E-state index < -0.39 is 0 Å². The fraction of sp³-hybridized carbons (Fsp3) is 0.636. The Bertz CT molecular complexity index is 701. The van der Waals surface area contributed by atoms with E-state index in [4.69, 9.17) is 0 Å². The molecule has 5 heteroatoms. The van der Waals surface area contributed by atoms with Crippen molar-refractivity contribution in [2.45, 2.75) is 50.6 Å². The Hall–Kier alpha value is -1.88. The third-order valence-electron chi connectivity index (χ3n) is 7.06. The molecule has 0 spiro atoms. The quantitative estimate of drug-likeness (QED) is 0.819. The van der Waals surface area contributed by atoms with Crippen LogP contribution in [0.1, 0.15) is 48.9 Å². The molecule has 0 bridgehead atoms. The highest BCUT2D eigenvalue weighted by atomic mass is 16.2. The van der Waals surface area contributed by atoms with Gasteiger partial charge in [-0.2, -0.15) is 0 Å². The number of benzene rings is 1. The number of nitrogens with zero attached hydrogens (tertiary/aromatic N) is 3. The first-order valence-corrected chi connectivity index (χ1v) is 10.3. The lowest BCUT2D eigenvalue weighted by Crippen LogP contribution is -2.36. The van der Waals surface area contributed by atoms with Crippen LogP contribution in [-0.2, 0) is 4.79 Å². The monoisotopic (exact) mass is 369 g/mol. The minimum Gasteiger partial charge on any atom is -0.339 e. The second kappa shape index (κ2) is 7.27. The predicted octanol–water partition coefficient (Wildman–Crippen LogP) is 3.00. The molecule has 1 heterocycles. The van der Waals surface area contributed by atoms with Crippen LogP contribution in [0.5, 0.6) is 0 Å².